The molecule has 2 aromatic rings. The van der Waals surface area contributed by atoms with E-state index < -0.39 is 0 Å². The third-order valence-corrected chi connectivity index (χ3v) is 2.60. The number of methoxy groups -OCH3 is 1. The van der Waals surface area contributed by atoms with Crippen molar-refractivity contribution in [3.8, 4) is 0 Å². The smallest absolute Gasteiger partial charge is 0.223 e. The zero-order valence-electron chi connectivity index (χ0n) is 9.56. The fraction of sp³-hybridized carbons (Fsp3) is 0.333. The van der Waals surface area contributed by atoms with E-state index in [9.17, 15) is 0 Å². The normalized spacial score (nSPS) is 12.6. The molecule has 0 saturated heterocycles. The molecule has 90 valence electrons. The van der Waals surface area contributed by atoms with Gasteiger partial charge in [0.2, 0.25) is 5.95 Å². The van der Waals surface area contributed by atoms with Crippen molar-refractivity contribution in [2.45, 2.75) is 5.38 Å². The molecule has 0 radical (unpaired) electrons. The second-order valence-electron chi connectivity index (χ2n) is 3.69. The third kappa shape index (κ3) is 3.28. The number of fused-ring (bicyclic) bond motifs is 1. The van der Waals surface area contributed by atoms with Crippen molar-refractivity contribution in [3.63, 3.8) is 0 Å². The summed E-state index contributed by atoms with van der Waals surface area (Å²) in [4.78, 5) is 8.60. The number of ether oxygens (including phenoxy) is 1. The number of nitrogens with zero attached hydrogens (tertiary/aromatic N) is 2. The quantitative estimate of drug-likeness (QED) is 0.829. The molecule has 2 rings (SSSR count). The molecule has 0 aliphatic carbocycles. The second kappa shape index (κ2) is 5.80. The van der Waals surface area contributed by atoms with Crippen LogP contribution in [0.4, 0.5) is 5.95 Å². The van der Waals surface area contributed by atoms with Crippen molar-refractivity contribution in [3.05, 3.63) is 30.5 Å². The van der Waals surface area contributed by atoms with Crippen molar-refractivity contribution in [1.82, 2.24) is 9.97 Å². The maximum Gasteiger partial charge on any atom is 0.223 e. The highest BCUT2D eigenvalue weighted by Gasteiger charge is 2.05. The molecule has 5 heteroatoms. The van der Waals surface area contributed by atoms with Gasteiger partial charge in [-0.15, -0.1) is 11.6 Å². The Morgan fingerprint density at radius 2 is 2.24 bits per heavy atom. The second-order valence-corrected chi connectivity index (χ2v) is 4.30. The summed E-state index contributed by atoms with van der Waals surface area (Å²) in [5, 5.41) is 4.02. The Labute approximate surface area is 105 Å². The Balaban J connectivity index is 2.04. The van der Waals surface area contributed by atoms with Crippen LogP contribution >= 0.6 is 11.6 Å². The van der Waals surface area contributed by atoms with Gasteiger partial charge < -0.3 is 10.1 Å². The third-order valence-electron chi connectivity index (χ3n) is 2.32. The maximum atomic E-state index is 6.01. The van der Waals surface area contributed by atoms with Gasteiger partial charge >= 0.3 is 0 Å². The molecule has 1 atom stereocenters. The largest absolute Gasteiger partial charge is 0.383 e. The van der Waals surface area contributed by atoms with E-state index in [4.69, 9.17) is 16.3 Å². The summed E-state index contributed by atoms with van der Waals surface area (Å²) in [7, 11) is 1.63. The summed E-state index contributed by atoms with van der Waals surface area (Å²) in [6, 6.07) is 7.85. The molecule has 1 aromatic carbocycles. The monoisotopic (exact) mass is 251 g/mol. The lowest BCUT2D eigenvalue weighted by Gasteiger charge is -2.09. The molecule has 0 amide bonds. The molecule has 0 bridgehead atoms. The number of para-hydroxylation sites is 1. The minimum absolute atomic E-state index is 0.0879. The number of anilines is 1. The number of nitrogens with one attached hydrogen (secondary N) is 1. The molecule has 0 saturated carbocycles. The van der Waals surface area contributed by atoms with Crippen molar-refractivity contribution in [2.24, 2.45) is 0 Å². The first-order chi connectivity index (χ1) is 8.29. The van der Waals surface area contributed by atoms with Gasteiger partial charge in [-0.05, 0) is 6.07 Å². The summed E-state index contributed by atoms with van der Waals surface area (Å²) < 4.78 is 4.95. The van der Waals surface area contributed by atoms with Gasteiger partial charge in [-0.25, -0.2) is 9.97 Å². The van der Waals surface area contributed by atoms with E-state index in [1.54, 1.807) is 13.3 Å². The molecular formula is C12H14ClN3O. The van der Waals surface area contributed by atoms with Crippen LogP contribution in [0.3, 0.4) is 0 Å². The number of hydrogen-bond donors (Lipinski definition) is 1. The van der Waals surface area contributed by atoms with Gasteiger partial charge in [0.25, 0.3) is 0 Å². The van der Waals surface area contributed by atoms with E-state index in [1.807, 2.05) is 24.3 Å². The first kappa shape index (κ1) is 12.1. The van der Waals surface area contributed by atoms with Crippen molar-refractivity contribution < 1.29 is 4.74 Å². The van der Waals surface area contributed by atoms with Crippen LogP contribution in [0.2, 0.25) is 0 Å². The van der Waals surface area contributed by atoms with E-state index >= 15 is 0 Å². The van der Waals surface area contributed by atoms with Crippen LogP contribution in [0.5, 0.6) is 0 Å². The van der Waals surface area contributed by atoms with Crippen molar-refractivity contribution in [2.75, 3.05) is 25.6 Å². The van der Waals surface area contributed by atoms with E-state index in [1.165, 1.54) is 0 Å². The zero-order valence-corrected chi connectivity index (χ0v) is 10.3. The van der Waals surface area contributed by atoms with Crippen LogP contribution < -0.4 is 5.32 Å². The van der Waals surface area contributed by atoms with Gasteiger partial charge in [0.15, 0.2) is 0 Å². The molecule has 0 aliphatic rings. The van der Waals surface area contributed by atoms with Crippen LogP contribution in [0.1, 0.15) is 0 Å². The number of aromatic nitrogens is 2. The van der Waals surface area contributed by atoms with Gasteiger partial charge in [0, 0.05) is 25.2 Å². The van der Waals surface area contributed by atoms with Gasteiger partial charge in [0.05, 0.1) is 17.5 Å². The average molecular weight is 252 g/mol. The summed E-state index contributed by atoms with van der Waals surface area (Å²) in [5.41, 5.74) is 0.919. The molecule has 17 heavy (non-hydrogen) atoms. The number of alkyl halides is 1. The van der Waals surface area contributed by atoms with Gasteiger partial charge in [0.1, 0.15) is 0 Å². The molecule has 1 aromatic heterocycles. The molecule has 0 aliphatic heterocycles. The number of rotatable bonds is 5. The maximum absolute atomic E-state index is 6.01. The molecule has 0 fully saturated rings. The standard InChI is InChI=1S/C12H14ClN3O/c1-17-8-10(13)7-15-12-14-6-9-4-2-3-5-11(9)16-12/h2-6,10H,7-8H2,1H3,(H,14,15,16). The Kier molecular flexibility index (Phi) is 4.12. The molecule has 0 spiro atoms. The van der Waals surface area contributed by atoms with Crippen LogP contribution in [-0.2, 0) is 4.74 Å². The van der Waals surface area contributed by atoms with Gasteiger partial charge in [-0.3, -0.25) is 0 Å². The fourth-order valence-electron chi connectivity index (χ4n) is 1.50. The Morgan fingerprint density at radius 1 is 1.41 bits per heavy atom. The average Bonchev–Trinajstić information content (AvgIpc) is 2.36. The van der Waals surface area contributed by atoms with Crippen molar-refractivity contribution in [1.29, 1.82) is 0 Å². The SMILES string of the molecule is COCC(Cl)CNc1ncc2ccccc2n1. The van der Waals surface area contributed by atoms with E-state index in [0.29, 0.717) is 19.1 Å². The molecule has 1 unspecified atom stereocenters. The lowest BCUT2D eigenvalue weighted by atomic mass is 10.2. The topological polar surface area (TPSA) is 47.0 Å². The lowest BCUT2D eigenvalue weighted by Crippen LogP contribution is -2.20. The van der Waals surface area contributed by atoms with Crippen LogP contribution in [0.25, 0.3) is 10.9 Å². The Bertz CT molecular complexity index is 492. The predicted molar refractivity (Wildman–Crippen MR) is 69.5 cm³/mol. The van der Waals surface area contributed by atoms with Crippen LogP contribution in [0.15, 0.2) is 30.5 Å². The molecule has 1 N–H and O–H groups in total. The molecule has 4 nitrogen and oxygen atoms in total. The first-order valence-corrected chi connectivity index (χ1v) is 5.82. The summed E-state index contributed by atoms with van der Waals surface area (Å²) in [6.07, 6.45) is 1.80. The van der Waals surface area contributed by atoms with E-state index in [2.05, 4.69) is 15.3 Å². The minimum Gasteiger partial charge on any atom is -0.383 e. The Morgan fingerprint density at radius 3 is 3.06 bits per heavy atom. The summed E-state index contributed by atoms with van der Waals surface area (Å²) >= 11 is 6.01. The summed E-state index contributed by atoms with van der Waals surface area (Å²) in [5.74, 6) is 0.588. The summed E-state index contributed by atoms with van der Waals surface area (Å²) in [6.45, 7) is 1.08. The highest BCUT2D eigenvalue weighted by Crippen LogP contribution is 2.11. The Hall–Kier alpha value is -1.39. The minimum atomic E-state index is -0.0879. The van der Waals surface area contributed by atoms with Crippen molar-refractivity contribution >= 4 is 28.5 Å². The highest BCUT2D eigenvalue weighted by atomic mass is 35.5. The number of halogens is 1. The van der Waals surface area contributed by atoms with Gasteiger partial charge in [-0.2, -0.15) is 0 Å². The van der Waals surface area contributed by atoms with E-state index in [0.717, 1.165) is 10.9 Å². The van der Waals surface area contributed by atoms with Gasteiger partial charge in [-0.1, -0.05) is 18.2 Å². The molecular weight excluding hydrogens is 238 g/mol. The first-order valence-electron chi connectivity index (χ1n) is 5.38. The lowest BCUT2D eigenvalue weighted by molar-refractivity contribution is 0.200. The number of benzene rings is 1. The fourth-order valence-corrected chi connectivity index (χ4v) is 1.70. The molecule has 1 heterocycles. The zero-order chi connectivity index (χ0) is 12.1. The van der Waals surface area contributed by atoms with Crippen LogP contribution in [-0.4, -0.2) is 35.6 Å². The van der Waals surface area contributed by atoms with Crippen LogP contribution in [0, 0.1) is 0 Å². The number of hydrogen-bond acceptors (Lipinski definition) is 4. The highest BCUT2D eigenvalue weighted by molar-refractivity contribution is 6.21. The predicted octanol–water partition coefficient (Wildman–Crippen LogP) is 2.30. The van der Waals surface area contributed by atoms with E-state index in [-0.39, 0.29) is 5.38 Å².